The van der Waals surface area contributed by atoms with Gasteiger partial charge in [0.25, 0.3) is 0 Å². The molecule has 0 saturated heterocycles. The van der Waals surface area contributed by atoms with Gasteiger partial charge < -0.3 is 15.0 Å². The molecule has 0 unspecified atom stereocenters. The second kappa shape index (κ2) is 13.6. The van der Waals surface area contributed by atoms with E-state index in [1.807, 2.05) is 56.3 Å². The summed E-state index contributed by atoms with van der Waals surface area (Å²) in [5.74, 6) is -0.218. The zero-order valence-electron chi connectivity index (χ0n) is 22.5. The molecule has 0 heterocycles. The molecule has 1 atom stereocenters. The fourth-order valence-corrected chi connectivity index (χ4v) is 5.24. The van der Waals surface area contributed by atoms with Crippen LogP contribution in [0, 0.1) is 0 Å². The maximum Gasteiger partial charge on any atom is 0.244 e. The molecule has 0 aromatic heterocycles. The van der Waals surface area contributed by atoms with E-state index in [-0.39, 0.29) is 24.9 Å². The van der Waals surface area contributed by atoms with Crippen LogP contribution in [-0.4, -0.2) is 57.1 Å². The van der Waals surface area contributed by atoms with Crippen molar-refractivity contribution in [3.05, 3.63) is 94.5 Å². The van der Waals surface area contributed by atoms with E-state index in [4.69, 9.17) is 4.74 Å². The van der Waals surface area contributed by atoms with Gasteiger partial charge in [0.15, 0.2) is 0 Å². The Balaban J connectivity index is 2.06. The van der Waals surface area contributed by atoms with Gasteiger partial charge in [-0.3, -0.25) is 13.9 Å². The van der Waals surface area contributed by atoms with E-state index < -0.39 is 28.5 Å². The highest BCUT2D eigenvalue weighted by Crippen LogP contribution is 2.23. The number of ether oxygens (including phenoxy) is 1. The molecule has 8 nitrogen and oxygen atoms in total. The summed E-state index contributed by atoms with van der Waals surface area (Å²) in [6.45, 7) is 3.32. The summed E-state index contributed by atoms with van der Waals surface area (Å²) in [5.41, 5.74) is 1.96. The van der Waals surface area contributed by atoms with Gasteiger partial charge in [0.2, 0.25) is 21.8 Å². The van der Waals surface area contributed by atoms with E-state index in [1.54, 1.807) is 43.5 Å². The van der Waals surface area contributed by atoms with Crippen molar-refractivity contribution in [2.75, 3.05) is 24.2 Å². The van der Waals surface area contributed by atoms with Crippen molar-refractivity contribution in [1.29, 1.82) is 0 Å². The molecule has 3 aromatic rings. The van der Waals surface area contributed by atoms with Crippen LogP contribution in [0.4, 0.5) is 5.69 Å². The summed E-state index contributed by atoms with van der Waals surface area (Å²) in [6, 6.07) is 22.3. The minimum absolute atomic E-state index is 0.0803. The van der Waals surface area contributed by atoms with Gasteiger partial charge in [-0.1, -0.05) is 58.4 Å². The van der Waals surface area contributed by atoms with Crippen molar-refractivity contribution < 1.29 is 22.7 Å². The van der Waals surface area contributed by atoms with Crippen LogP contribution in [-0.2, 0) is 32.6 Å². The van der Waals surface area contributed by atoms with Crippen LogP contribution in [0.2, 0.25) is 0 Å². The molecule has 0 bridgehead atoms. The molecular formula is C29H34BrN3O5S. The molecule has 0 aliphatic carbocycles. The Morgan fingerprint density at radius 3 is 2.18 bits per heavy atom. The third-order valence-corrected chi connectivity index (χ3v) is 7.65. The predicted octanol–water partition coefficient (Wildman–Crippen LogP) is 4.39. The van der Waals surface area contributed by atoms with Crippen LogP contribution in [0.3, 0.4) is 0 Å². The van der Waals surface area contributed by atoms with Gasteiger partial charge in [-0.2, -0.15) is 0 Å². The third-order valence-electron chi connectivity index (χ3n) is 5.98. The van der Waals surface area contributed by atoms with Crippen molar-refractivity contribution in [2.24, 2.45) is 0 Å². The summed E-state index contributed by atoms with van der Waals surface area (Å²) in [5, 5.41) is 2.93. The first-order chi connectivity index (χ1) is 18.5. The lowest BCUT2D eigenvalue weighted by Crippen LogP contribution is -2.54. The summed E-state index contributed by atoms with van der Waals surface area (Å²) in [6.07, 6.45) is 1.31. The average molecular weight is 617 g/mol. The molecule has 0 fully saturated rings. The Morgan fingerprint density at radius 1 is 0.949 bits per heavy atom. The monoisotopic (exact) mass is 615 g/mol. The molecule has 0 saturated carbocycles. The van der Waals surface area contributed by atoms with E-state index >= 15 is 0 Å². The molecule has 3 rings (SSSR count). The number of nitrogens with zero attached hydrogens (tertiary/aromatic N) is 2. The number of carbonyl (C=O) groups excluding carboxylic acids is 2. The Kier molecular flexibility index (Phi) is 10.5. The standard InChI is InChI=1S/C29H34BrN3O5S/c1-21(2)31-29(35)27(18-22-9-6-5-7-10-22)32(19-23-11-8-12-26(17-23)38-3)28(34)20-33(39(4,36)37)25-15-13-24(30)14-16-25/h5-17,21,27H,18-20H2,1-4H3,(H,31,35)/t27-/m1/s1. The maximum atomic E-state index is 14.0. The first-order valence-corrected chi connectivity index (χ1v) is 15.1. The minimum Gasteiger partial charge on any atom is -0.497 e. The maximum absolute atomic E-state index is 14.0. The molecule has 39 heavy (non-hydrogen) atoms. The van der Waals surface area contributed by atoms with E-state index in [1.165, 1.54) is 4.90 Å². The lowest BCUT2D eigenvalue weighted by molar-refractivity contribution is -0.140. The highest BCUT2D eigenvalue weighted by atomic mass is 79.9. The predicted molar refractivity (Wildman–Crippen MR) is 157 cm³/mol. The normalized spacial score (nSPS) is 12.1. The van der Waals surface area contributed by atoms with E-state index in [2.05, 4.69) is 21.2 Å². The molecular weight excluding hydrogens is 582 g/mol. The Labute approximate surface area is 239 Å². The molecule has 208 valence electrons. The number of methoxy groups -OCH3 is 1. The second-order valence-electron chi connectivity index (χ2n) is 9.49. The van der Waals surface area contributed by atoms with Crippen LogP contribution in [0.1, 0.15) is 25.0 Å². The number of rotatable bonds is 12. The SMILES string of the molecule is COc1cccc(CN(C(=O)CN(c2ccc(Br)cc2)S(C)(=O)=O)[C@H](Cc2ccccc2)C(=O)NC(C)C)c1. The molecule has 0 spiro atoms. The zero-order valence-corrected chi connectivity index (χ0v) is 24.9. The molecule has 0 aliphatic heterocycles. The first kappa shape index (κ1) is 30.2. The van der Waals surface area contributed by atoms with E-state index in [0.29, 0.717) is 11.4 Å². The number of halogens is 1. The molecule has 1 N–H and O–H groups in total. The van der Waals surface area contributed by atoms with Crippen LogP contribution >= 0.6 is 15.9 Å². The Morgan fingerprint density at radius 2 is 1.59 bits per heavy atom. The van der Waals surface area contributed by atoms with E-state index in [0.717, 1.165) is 26.2 Å². The molecule has 0 aliphatic rings. The van der Waals surface area contributed by atoms with Gasteiger partial charge in [0.05, 0.1) is 19.1 Å². The smallest absolute Gasteiger partial charge is 0.244 e. The van der Waals surface area contributed by atoms with Gasteiger partial charge in [-0.05, 0) is 61.4 Å². The number of nitrogens with one attached hydrogen (secondary N) is 1. The Bertz CT molecular complexity index is 1370. The highest BCUT2D eigenvalue weighted by molar-refractivity contribution is 9.10. The first-order valence-electron chi connectivity index (χ1n) is 12.5. The van der Waals surface area contributed by atoms with Gasteiger partial charge in [-0.25, -0.2) is 8.42 Å². The zero-order chi connectivity index (χ0) is 28.6. The number of hydrogen-bond acceptors (Lipinski definition) is 5. The number of anilines is 1. The number of carbonyl (C=O) groups is 2. The second-order valence-corrected chi connectivity index (χ2v) is 12.3. The summed E-state index contributed by atoms with van der Waals surface area (Å²) >= 11 is 3.36. The van der Waals surface area contributed by atoms with Crippen molar-refractivity contribution in [3.63, 3.8) is 0 Å². The molecule has 2 amide bonds. The van der Waals surface area contributed by atoms with Gasteiger partial charge >= 0.3 is 0 Å². The molecule has 10 heteroatoms. The van der Waals surface area contributed by atoms with Crippen molar-refractivity contribution in [1.82, 2.24) is 10.2 Å². The summed E-state index contributed by atoms with van der Waals surface area (Å²) < 4.78 is 32.8. The van der Waals surface area contributed by atoms with Gasteiger partial charge in [0.1, 0.15) is 18.3 Å². The number of hydrogen-bond donors (Lipinski definition) is 1. The topological polar surface area (TPSA) is 96.0 Å². The quantitative estimate of drug-likeness (QED) is 0.326. The van der Waals surface area contributed by atoms with Crippen molar-refractivity contribution >= 4 is 43.5 Å². The largest absolute Gasteiger partial charge is 0.497 e. The van der Waals surface area contributed by atoms with Gasteiger partial charge in [0, 0.05) is 23.5 Å². The Hall–Kier alpha value is -3.37. The van der Waals surface area contributed by atoms with Crippen LogP contribution in [0.25, 0.3) is 0 Å². The summed E-state index contributed by atoms with van der Waals surface area (Å²) in [7, 11) is -2.26. The van der Waals surface area contributed by atoms with Crippen LogP contribution < -0.4 is 14.4 Å². The lowest BCUT2D eigenvalue weighted by atomic mass is 10.0. The highest BCUT2D eigenvalue weighted by Gasteiger charge is 2.33. The third kappa shape index (κ3) is 8.83. The number of amides is 2. The number of benzene rings is 3. The lowest BCUT2D eigenvalue weighted by Gasteiger charge is -2.34. The van der Waals surface area contributed by atoms with Crippen LogP contribution in [0.15, 0.2) is 83.3 Å². The molecule has 3 aromatic carbocycles. The van der Waals surface area contributed by atoms with Crippen LogP contribution in [0.5, 0.6) is 5.75 Å². The molecule has 0 radical (unpaired) electrons. The van der Waals surface area contributed by atoms with E-state index in [9.17, 15) is 18.0 Å². The fraction of sp³-hybridized carbons (Fsp3) is 0.310. The number of sulfonamides is 1. The van der Waals surface area contributed by atoms with Crippen molar-refractivity contribution in [3.8, 4) is 5.75 Å². The summed E-state index contributed by atoms with van der Waals surface area (Å²) in [4.78, 5) is 29.0. The van der Waals surface area contributed by atoms with Gasteiger partial charge in [-0.15, -0.1) is 0 Å². The minimum atomic E-state index is -3.82. The van der Waals surface area contributed by atoms with Crippen molar-refractivity contribution in [2.45, 2.75) is 38.9 Å². The fourth-order valence-electron chi connectivity index (χ4n) is 4.12. The average Bonchev–Trinajstić information content (AvgIpc) is 2.89.